The Morgan fingerprint density at radius 2 is 2.20 bits per heavy atom. The van der Waals surface area contributed by atoms with Crippen LogP contribution in [0.25, 0.3) is 0 Å². The first-order valence-corrected chi connectivity index (χ1v) is 6.85. The fourth-order valence-electron chi connectivity index (χ4n) is 1.90. The van der Waals surface area contributed by atoms with E-state index in [4.69, 9.17) is 9.26 Å². The van der Waals surface area contributed by atoms with Crippen LogP contribution >= 0.6 is 0 Å². The quantitative estimate of drug-likeness (QED) is 0.839. The molecule has 1 heterocycles. The Kier molecular flexibility index (Phi) is 5.12. The number of nitrogens with zero attached hydrogens (tertiary/aromatic N) is 2. The van der Waals surface area contributed by atoms with Crippen molar-refractivity contribution in [3.05, 3.63) is 41.5 Å². The van der Waals surface area contributed by atoms with E-state index in [9.17, 15) is 0 Å². The zero-order chi connectivity index (χ0) is 14.4. The average Bonchev–Trinajstić information content (AvgIpc) is 2.86. The van der Waals surface area contributed by atoms with Crippen LogP contribution in [0, 0.1) is 0 Å². The molecule has 0 amide bonds. The van der Waals surface area contributed by atoms with Crippen LogP contribution in [-0.4, -0.2) is 29.8 Å². The fourth-order valence-corrected chi connectivity index (χ4v) is 1.90. The second-order valence-corrected chi connectivity index (χ2v) is 4.99. The highest BCUT2D eigenvalue weighted by Crippen LogP contribution is 2.15. The van der Waals surface area contributed by atoms with Gasteiger partial charge in [-0.1, -0.05) is 31.1 Å². The summed E-state index contributed by atoms with van der Waals surface area (Å²) in [5.74, 6) is 2.22. The number of methoxy groups -OCH3 is 1. The minimum Gasteiger partial charge on any atom is -0.497 e. The van der Waals surface area contributed by atoms with E-state index in [1.165, 1.54) is 0 Å². The molecule has 1 aromatic heterocycles. The van der Waals surface area contributed by atoms with E-state index in [1.54, 1.807) is 7.11 Å². The van der Waals surface area contributed by atoms with Crippen molar-refractivity contribution in [2.45, 2.75) is 32.7 Å². The van der Waals surface area contributed by atoms with E-state index >= 15 is 0 Å². The van der Waals surface area contributed by atoms with Crippen molar-refractivity contribution in [2.75, 3.05) is 13.7 Å². The van der Waals surface area contributed by atoms with Gasteiger partial charge in [-0.15, -0.1) is 0 Å². The Morgan fingerprint density at radius 3 is 2.95 bits per heavy atom. The van der Waals surface area contributed by atoms with Gasteiger partial charge in [0.25, 0.3) is 0 Å². The summed E-state index contributed by atoms with van der Waals surface area (Å²) in [5, 5.41) is 7.33. The summed E-state index contributed by atoms with van der Waals surface area (Å²) in [6, 6.07) is 8.36. The topological polar surface area (TPSA) is 60.2 Å². The zero-order valence-corrected chi connectivity index (χ0v) is 12.2. The van der Waals surface area contributed by atoms with Gasteiger partial charge >= 0.3 is 0 Å². The summed E-state index contributed by atoms with van der Waals surface area (Å²) in [4.78, 5) is 4.40. The third-order valence-corrected chi connectivity index (χ3v) is 2.90. The molecule has 0 bridgehead atoms. The molecule has 2 aromatic rings. The van der Waals surface area contributed by atoms with Gasteiger partial charge in [-0.2, -0.15) is 4.98 Å². The van der Waals surface area contributed by atoms with E-state index < -0.39 is 0 Å². The summed E-state index contributed by atoms with van der Waals surface area (Å²) in [6.07, 6.45) is 1.40. The molecule has 0 spiro atoms. The molecule has 1 N–H and O–H groups in total. The van der Waals surface area contributed by atoms with Crippen LogP contribution in [0.1, 0.15) is 31.1 Å². The van der Waals surface area contributed by atoms with Gasteiger partial charge in [-0.3, -0.25) is 0 Å². The Morgan fingerprint density at radius 1 is 1.35 bits per heavy atom. The summed E-state index contributed by atoms with van der Waals surface area (Å²) in [5.41, 5.74) is 1.11. The van der Waals surface area contributed by atoms with Crippen LogP contribution in [0.3, 0.4) is 0 Å². The van der Waals surface area contributed by atoms with Crippen LogP contribution < -0.4 is 10.1 Å². The van der Waals surface area contributed by atoms with Crippen molar-refractivity contribution in [1.29, 1.82) is 0 Å². The maximum absolute atomic E-state index is 5.24. The second-order valence-electron chi connectivity index (χ2n) is 4.99. The molecule has 0 aliphatic rings. The molecule has 5 heteroatoms. The predicted octanol–water partition coefficient (Wildman–Crippen LogP) is 2.21. The van der Waals surface area contributed by atoms with E-state index in [2.05, 4.69) is 29.3 Å². The summed E-state index contributed by atoms with van der Waals surface area (Å²) in [6.45, 7) is 5.07. The first kappa shape index (κ1) is 14.5. The number of benzene rings is 1. The predicted molar refractivity (Wildman–Crippen MR) is 76.9 cm³/mol. The SMILES string of the molecule is COc1cccc(Cc2noc(CCNC(C)C)n2)c1. The molecule has 0 unspecified atom stereocenters. The lowest BCUT2D eigenvalue weighted by molar-refractivity contribution is 0.369. The van der Waals surface area contributed by atoms with Crippen LogP contribution in [0.5, 0.6) is 5.75 Å². The van der Waals surface area contributed by atoms with Crippen molar-refractivity contribution >= 4 is 0 Å². The fraction of sp³-hybridized carbons (Fsp3) is 0.467. The summed E-state index contributed by atoms with van der Waals surface area (Å²) in [7, 11) is 1.66. The minimum atomic E-state index is 0.467. The molecule has 0 atom stereocenters. The average molecular weight is 275 g/mol. The highest BCUT2D eigenvalue weighted by Gasteiger charge is 2.07. The van der Waals surface area contributed by atoms with E-state index in [-0.39, 0.29) is 0 Å². The Balaban J connectivity index is 1.91. The molecule has 0 saturated carbocycles. The number of nitrogens with one attached hydrogen (secondary N) is 1. The van der Waals surface area contributed by atoms with Gasteiger partial charge in [0, 0.05) is 25.4 Å². The molecule has 20 heavy (non-hydrogen) atoms. The molecular weight excluding hydrogens is 254 g/mol. The summed E-state index contributed by atoms with van der Waals surface area (Å²) < 4.78 is 10.4. The number of rotatable bonds is 7. The molecular formula is C15H21N3O2. The molecule has 0 saturated heterocycles. The monoisotopic (exact) mass is 275 g/mol. The smallest absolute Gasteiger partial charge is 0.227 e. The van der Waals surface area contributed by atoms with Gasteiger partial charge in [0.05, 0.1) is 7.11 Å². The highest BCUT2D eigenvalue weighted by molar-refractivity contribution is 5.30. The second kappa shape index (κ2) is 7.05. The van der Waals surface area contributed by atoms with Gasteiger partial charge in [0.15, 0.2) is 5.82 Å². The van der Waals surface area contributed by atoms with Gasteiger partial charge in [-0.05, 0) is 17.7 Å². The van der Waals surface area contributed by atoms with Gasteiger partial charge in [-0.25, -0.2) is 0 Å². The molecule has 1 aromatic carbocycles. The largest absolute Gasteiger partial charge is 0.497 e. The lowest BCUT2D eigenvalue weighted by atomic mass is 10.1. The van der Waals surface area contributed by atoms with Gasteiger partial charge in [0.2, 0.25) is 5.89 Å². The standard InChI is InChI=1S/C15H21N3O2/c1-11(2)16-8-7-15-17-14(18-20-15)10-12-5-4-6-13(9-12)19-3/h4-6,9,11,16H,7-8,10H2,1-3H3. The number of hydrogen-bond donors (Lipinski definition) is 1. The lowest BCUT2D eigenvalue weighted by Crippen LogP contribution is -2.25. The van der Waals surface area contributed by atoms with Crippen molar-refractivity contribution in [1.82, 2.24) is 15.5 Å². The van der Waals surface area contributed by atoms with Crippen molar-refractivity contribution in [2.24, 2.45) is 0 Å². The van der Waals surface area contributed by atoms with E-state index in [0.717, 1.165) is 24.3 Å². The van der Waals surface area contributed by atoms with Crippen LogP contribution in [-0.2, 0) is 12.8 Å². The number of aromatic nitrogens is 2. The van der Waals surface area contributed by atoms with Gasteiger partial charge < -0.3 is 14.6 Å². The van der Waals surface area contributed by atoms with Crippen molar-refractivity contribution < 1.29 is 9.26 Å². The molecule has 2 rings (SSSR count). The Bertz CT molecular complexity index is 537. The van der Waals surface area contributed by atoms with Gasteiger partial charge in [0.1, 0.15) is 5.75 Å². The Labute approximate surface area is 119 Å². The first-order chi connectivity index (χ1) is 9.67. The number of hydrogen-bond acceptors (Lipinski definition) is 5. The maximum atomic E-state index is 5.24. The van der Waals surface area contributed by atoms with Crippen LogP contribution in [0.2, 0.25) is 0 Å². The Hall–Kier alpha value is -1.88. The van der Waals surface area contributed by atoms with E-state index in [0.29, 0.717) is 24.2 Å². The van der Waals surface area contributed by atoms with Crippen molar-refractivity contribution in [3.63, 3.8) is 0 Å². The normalized spacial score (nSPS) is 11.0. The van der Waals surface area contributed by atoms with E-state index in [1.807, 2.05) is 24.3 Å². The third kappa shape index (κ3) is 4.35. The molecule has 0 fully saturated rings. The molecule has 108 valence electrons. The highest BCUT2D eigenvalue weighted by atomic mass is 16.5. The minimum absolute atomic E-state index is 0.467. The van der Waals surface area contributed by atoms with Crippen LogP contribution in [0.15, 0.2) is 28.8 Å². The molecule has 0 radical (unpaired) electrons. The summed E-state index contributed by atoms with van der Waals surface area (Å²) >= 11 is 0. The lowest BCUT2D eigenvalue weighted by Gasteiger charge is -2.04. The number of ether oxygens (including phenoxy) is 1. The van der Waals surface area contributed by atoms with Crippen LogP contribution in [0.4, 0.5) is 0 Å². The van der Waals surface area contributed by atoms with Crippen molar-refractivity contribution in [3.8, 4) is 5.75 Å². The molecule has 0 aliphatic carbocycles. The third-order valence-electron chi connectivity index (χ3n) is 2.90. The maximum Gasteiger partial charge on any atom is 0.227 e. The first-order valence-electron chi connectivity index (χ1n) is 6.85. The zero-order valence-electron chi connectivity index (χ0n) is 12.2. The molecule has 5 nitrogen and oxygen atoms in total. The molecule has 0 aliphatic heterocycles.